The Morgan fingerprint density at radius 1 is 1.50 bits per heavy atom. The van der Waals surface area contributed by atoms with Gasteiger partial charge >= 0.3 is 0 Å². The van der Waals surface area contributed by atoms with Crippen LogP contribution in [-0.4, -0.2) is 30.0 Å². The Kier molecular flexibility index (Phi) is 7.20. The summed E-state index contributed by atoms with van der Waals surface area (Å²) in [4.78, 5) is 5.11. The molecule has 5 nitrogen and oxygen atoms in total. The summed E-state index contributed by atoms with van der Waals surface area (Å²) in [6, 6.07) is 0. The quantitative estimate of drug-likeness (QED) is 0.269. The van der Waals surface area contributed by atoms with Crippen molar-refractivity contribution in [3.8, 4) is 0 Å². The maximum atomic E-state index is 10.6. The number of alkyl halides is 1. The lowest BCUT2D eigenvalue weighted by Crippen LogP contribution is -3.02. The molecule has 0 amide bonds. The minimum Gasteiger partial charge on any atom is -0.634 e. The van der Waals surface area contributed by atoms with E-state index in [4.69, 9.17) is 4.84 Å². The first-order valence-electron chi connectivity index (χ1n) is 4.36. The summed E-state index contributed by atoms with van der Waals surface area (Å²) in [6.07, 6.45) is 1.63. The third-order valence-electron chi connectivity index (χ3n) is 0.884. The average Bonchev–Trinajstić information content (AvgIpc) is 2.00. The third kappa shape index (κ3) is 11.9. The molecule has 1 N–H and O–H groups in total. The van der Waals surface area contributed by atoms with Crippen LogP contribution in [0.2, 0.25) is 0 Å². The molecule has 0 saturated heterocycles. The van der Waals surface area contributed by atoms with Gasteiger partial charge in [-0.3, -0.25) is 3.15 Å². The second-order valence-electron chi connectivity index (χ2n) is 3.75. The van der Waals surface area contributed by atoms with Crippen LogP contribution >= 0.6 is 21.0 Å². The van der Waals surface area contributed by atoms with Gasteiger partial charge in [-0.25, -0.2) is 0 Å². The Bertz CT molecular complexity index is 199. The normalized spacial score (nSPS) is 15.8. The molecule has 6 heteroatoms. The number of quaternary nitrogens is 1. The second kappa shape index (κ2) is 7.24. The lowest BCUT2D eigenvalue weighted by Gasteiger charge is -2.14. The van der Waals surface area contributed by atoms with E-state index in [1.54, 1.807) is 13.3 Å². The SMILES string of the molecule is C[NH+]([O-])CI=NC/C=N/OC(C)(C)C. The molecular weight excluding hydrogens is 297 g/mol. The Morgan fingerprint density at radius 3 is 2.64 bits per heavy atom. The molecule has 0 heterocycles. The molecule has 84 valence electrons. The molecule has 0 radical (unpaired) electrons. The Hall–Kier alpha value is -0.0800. The van der Waals surface area contributed by atoms with E-state index in [9.17, 15) is 5.21 Å². The fraction of sp³-hybridized carbons (Fsp3) is 0.875. The molecule has 0 aromatic carbocycles. The Morgan fingerprint density at radius 2 is 2.14 bits per heavy atom. The van der Waals surface area contributed by atoms with Crippen molar-refractivity contribution in [3.05, 3.63) is 5.21 Å². The zero-order chi connectivity index (χ0) is 11.0. The maximum absolute atomic E-state index is 10.6. The summed E-state index contributed by atoms with van der Waals surface area (Å²) in [6.45, 7) is 6.36. The molecular formula is C8H18IN3O2. The summed E-state index contributed by atoms with van der Waals surface area (Å²) < 4.78 is 4.81. The lowest BCUT2D eigenvalue weighted by molar-refractivity contribution is -0.807. The van der Waals surface area contributed by atoms with Crippen molar-refractivity contribution in [1.82, 2.24) is 0 Å². The number of nitrogens with zero attached hydrogens (tertiary/aromatic N) is 2. The van der Waals surface area contributed by atoms with Gasteiger partial charge in [0.2, 0.25) is 0 Å². The molecule has 14 heavy (non-hydrogen) atoms. The molecule has 0 aliphatic carbocycles. The summed E-state index contributed by atoms with van der Waals surface area (Å²) >= 11 is -0.333. The molecule has 0 aliphatic heterocycles. The van der Waals surface area contributed by atoms with Crippen LogP contribution in [-0.2, 0) is 4.84 Å². The van der Waals surface area contributed by atoms with Crippen molar-refractivity contribution < 1.29 is 9.90 Å². The number of halogens is 1. The summed E-state index contributed by atoms with van der Waals surface area (Å²) in [5.41, 5.74) is -0.245. The van der Waals surface area contributed by atoms with Gasteiger partial charge in [-0.1, -0.05) is 5.16 Å². The van der Waals surface area contributed by atoms with Crippen LogP contribution in [0.4, 0.5) is 0 Å². The molecule has 0 spiro atoms. The van der Waals surface area contributed by atoms with Gasteiger partial charge in [-0.15, -0.1) is 0 Å². The molecule has 1 unspecified atom stereocenters. The number of hydrogen-bond acceptors (Lipinski definition) is 4. The first-order chi connectivity index (χ1) is 6.42. The van der Waals surface area contributed by atoms with Gasteiger partial charge in [0.15, 0.2) is 0 Å². The van der Waals surface area contributed by atoms with Gasteiger partial charge in [0.25, 0.3) is 0 Å². The van der Waals surface area contributed by atoms with Crippen molar-refractivity contribution in [2.24, 2.45) is 8.30 Å². The van der Waals surface area contributed by atoms with E-state index < -0.39 is 0 Å². The fourth-order valence-electron chi connectivity index (χ4n) is 0.435. The van der Waals surface area contributed by atoms with Gasteiger partial charge in [-0.05, 0) is 20.8 Å². The Labute approximate surface area is 95.2 Å². The van der Waals surface area contributed by atoms with E-state index in [1.807, 2.05) is 20.8 Å². The summed E-state index contributed by atoms with van der Waals surface area (Å²) in [5.74, 6) is 0. The monoisotopic (exact) mass is 315 g/mol. The van der Waals surface area contributed by atoms with Gasteiger partial charge in [-0.2, -0.15) is 0 Å². The number of nitrogens with one attached hydrogen (secondary N) is 1. The molecule has 0 aromatic rings. The number of rotatable bonds is 5. The molecule has 1 atom stereocenters. The minimum atomic E-state index is -0.333. The molecule has 0 saturated carbocycles. The summed E-state index contributed by atoms with van der Waals surface area (Å²) in [5, 5.41) is 14.6. The van der Waals surface area contributed by atoms with E-state index in [-0.39, 0.29) is 31.7 Å². The smallest absolute Gasteiger partial charge is 0.139 e. The fourth-order valence-corrected chi connectivity index (χ4v) is 1.61. The molecule has 0 aromatic heterocycles. The minimum absolute atomic E-state index is 0.212. The van der Waals surface area contributed by atoms with E-state index >= 15 is 0 Å². The number of oxime groups is 1. The molecule has 0 bridgehead atoms. The van der Waals surface area contributed by atoms with Crippen molar-refractivity contribution in [1.29, 1.82) is 0 Å². The van der Waals surface area contributed by atoms with Gasteiger partial charge in [0.1, 0.15) is 10.2 Å². The van der Waals surface area contributed by atoms with Gasteiger partial charge < -0.3 is 15.1 Å². The van der Waals surface area contributed by atoms with Crippen LogP contribution in [0.5, 0.6) is 0 Å². The van der Waals surface area contributed by atoms with Crippen molar-refractivity contribution >= 4 is 27.2 Å². The number of hydroxylamine groups is 2. The van der Waals surface area contributed by atoms with E-state index in [0.29, 0.717) is 11.1 Å². The van der Waals surface area contributed by atoms with Crippen LogP contribution in [0, 0.1) is 5.21 Å². The first kappa shape index (κ1) is 13.9. The van der Waals surface area contributed by atoms with E-state index in [0.717, 1.165) is 0 Å². The predicted octanol–water partition coefficient (Wildman–Crippen LogP) is 0.912. The predicted molar refractivity (Wildman–Crippen MR) is 65.8 cm³/mol. The van der Waals surface area contributed by atoms with Crippen LogP contribution in [0.1, 0.15) is 20.8 Å². The molecule has 0 aliphatic rings. The van der Waals surface area contributed by atoms with E-state index in [1.165, 1.54) is 0 Å². The first-order valence-corrected chi connectivity index (χ1v) is 6.85. The van der Waals surface area contributed by atoms with Crippen LogP contribution in [0.25, 0.3) is 0 Å². The van der Waals surface area contributed by atoms with Crippen LogP contribution in [0.3, 0.4) is 0 Å². The van der Waals surface area contributed by atoms with Gasteiger partial charge in [0.05, 0.1) is 40.8 Å². The third-order valence-corrected chi connectivity index (χ3v) is 3.18. The Balaban J connectivity index is 3.49. The highest BCUT2D eigenvalue weighted by molar-refractivity contribution is 14.2. The maximum Gasteiger partial charge on any atom is 0.139 e. The molecule has 0 fully saturated rings. The standard InChI is InChI=1S/C8H18IN3O2/c1-8(2,3)14-11-6-5-10-9-7-12(4)13/h6,12H,5,7H2,1-4H3/b11-6+. The average molecular weight is 315 g/mol. The highest BCUT2D eigenvalue weighted by atomic mass is 127. The van der Waals surface area contributed by atoms with Crippen molar-refractivity contribution in [2.45, 2.75) is 26.4 Å². The van der Waals surface area contributed by atoms with Crippen molar-refractivity contribution in [2.75, 3.05) is 18.1 Å². The highest BCUT2D eigenvalue weighted by Crippen LogP contribution is 2.05. The van der Waals surface area contributed by atoms with Gasteiger partial charge in [0, 0.05) is 0 Å². The molecule has 0 rings (SSSR count). The number of hydrogen-bond donors (Lipinski definition) is 1. The van der Waals surface area contributed by atoms with E-state index in [2.05, 4.69) is 8.30 Å². The zero-order valence-corrected chi connectivity index (χ0v) is 11.2. The lowest BCUT2D eigenvalue weighted by atomic mass is 10.2. The topological polar surface area (TPSA) is 61.5 Å². The van der Waals surface area contributed by atoms with Crippen molar-refractivity contribution in [3.63, 3.8) is 0 Å². The summed E-state index contributed by atoms with van der Waals surface area (Å²) in [7, 11) is 1.59. The second-order valence-corrected chi connectivity index (χ2v) is 5.88. The van der Waals surface area contributed by atoms with Crippen LogP contribution in [0.15, 0.2) is 8.30 Å². The zero-order valence-electron chi connectivity index (χ0n) is 9.08. The van der Waals surface area contributed by atoms with Crippen LogP contribution < -0.4 is 5.06 Å². The largest absolute Gasteiger partial charge is 0.634 e. The highest BCUT2D eigenvalue weighted by Gasteiger charge is 2.08.